The van der Waals surface area contributed by atoms with Gasteiger partial charge in [-0.15, -0.1) is 0 Å². The normalized spacial score (nSPS) is 20.5. The smallest absolute Gasteiger partial charge is 0.309 e. The highest BCUT2D eigenvalue weighted by atomic mass is 16.4. The van der Waals surface area contributed by atoms with Crippen LogP contribution in [0.25, 0.3) is 0 Å². The van der Waals surface area contributed by atoms with Crippen LogP contribution in [0.1, 0.15) is 6.92 Å². The van der Waals surface area contributed by atoms with Gasteiger partial charge in [0, 0.05) is 19.6 Å². The highest BCUT2D eigenvalue weighted by Crippen LogP contribution is 2.14. The predicted octanol–water partition coefficient (Wildman–Crippen LogP) is 0.579. The van der Waals surface area contributed by atoms with Crippen LogP contribution in [0.4, 0.5) is 0 Å². The van der Waals surface area contributed by atoms with Crippen LogP contribution in [-0.4, -0.2) is 35.6 Å². The van der Waals surface area contributed by atoms with Gasteiger partial charge in [-0.1, -0.05) is 12.2 Å². The summed E-state index contributed by atoms with van der Waals surface area (Å²) in [5.41, 5.74) is 0. The summed E-state index contributed by atoms with van der Waals surface area (Å²) in [5.74, 6) is -0.790. The molecule has 0 saturated carbocycles. The van der Waals surface area contributed by atoms with Crippen LogP contribution >= 0.6 is 0 Å². The van der Waals surface area contributed by atoms with E-state index in [1.165, 1.54) is 0 Å². The molecule has 1 heterocycles. The molecule has 1 saturated heterocycles. The van der Waals surface area contributed by atoms with Crippen LogP contribution in [0.2, 0.25) is 0 Å². The third kappa shape index (κ3) is 2.05. The molecule has 0 unspecified atom stereocenters. The molecule has 0 aromatic rings. The number of allylic oxidation sites excluding steroid dienone is 1. The molecule has 3 nitrogen and oxygen atoms in total. The molecular weight excluding hydrogens is 142 g/mol. The molecular formula is C8H13NO2. The Morgan fingerprint density at radius 1 is 1.73 bits per heavy atom. The molecule has 0 aromatic carbocycles. The number of hydrogen-bond donors (Lipinski definition) is 1. The zero-order valence-corrected chi connectivity index (χ0v) is 6.66. The van der Waals surface area contributed by atoms with E-state index in [9.17, 15) is 4.79 Å². The van der Waals surface area contributed by atoms with Gasteiger partial charge in [0.05, 0.1) is 5.92 Å². The number of carboxylic acids is 1. The molecule has 11 heavy (non-hydrogen) atoms. The lowest BCUT2D eigenvalue weighted by Crippen LogP contribution is -2.50. The Morgan fingerprint density at radius 2 is 2.36 bits per heavy atom. The van der Waals surface area contributed by atoms with Gasteiger partial charge in [0.2, 0.25) is 0 Å². The highest BCUT2D eigenvalue weighted by Gasteiger charge is 2.31. The summed E-state index contributed by atoms with van der Waals surface area (Å²) in [6.45, 7) is 4.27. The number of likely N-dealkylation sites (tertiary alicyclic amines) is 1. The SMILES string of the molecule is CC=CCN1CC(C(=O)O)C1. The number of rotatable bonds is 3. The van der Waals surface area contributed by atoms with Crippen molar-refractivity contribution in [2.24, 2.45) is 5.92 Å². The maximum absolute atomic E-state index is 10.4. The molecule has 0 spiro atoms. The quantitative estimate of drug-likeness (QED) is 0.606. The Balaban J connectivity index is 2.14. The van der Waals surface area contributed by atoms with Gasteiger partial charge < -0.3 is 5.11 Å². The topological polar surface area (TPSA) is 40.5 Å². The number of aliphatic carboxylic acids is 1. The van der Waals surface area contributed by atoms with Crippen LogP contribution in [0.5, 0.6) is 0 Å². The van der Waals surface area contributed by atoms with Crippen LogP contribution in [-0.2, 0) is 4.79 Å². The van der Waals surface area contributed by atoms with Gasteiger partial charge in [0.25, 0.3) is 0 Å². The summed E-state index contributed by atoms with van der Waals surface area (Å²) in [6.07, 6.45) is 4.02. The summed E-state index contributed by atoms with van der Waals surface area (Å²) < 4.78 is 0. The molecule has 1 rings (SSSR count). The Morgan fingerprint density at radius 3 is 2.82 bits per heavy atom. The second kappa shape index (κ2) is 3.53. The minimum absolute atomic E-state index is 0.125. The van der Waals surface area contributed by atoms with E-state index in [1.54, 1.807) is 0 Å². The molecule has 1 aliphatic heterocycles. The van der Waals surface area contributed by atoms with E-state index in [2.05, 4.69) is 4.90 Å². The van der Waals surface area contributed by atoms with E-state index >= 15 is 0 Å². The maximum atomic E-state index is 10.4. The van der Waals surface area contributed by atoms with E-state index < -0.39 is 5.97 Å². The first-order chi connectivity index (χ1) is 5.24. The Hall–Kier alpha value is -0.830. The number of carboxylic acid groups (broad SMARTS) is 1. The summed E-state index contributed by atoms with van der Waals surface area (Å²) in [7, 11) is 0. The van der Waals surface area contributed by atoms with Crippen LogP contribution < -0.4 is 0 Å². The minimum Gasteiger partial charge on any atom is -0.481 e. The molecule has 0 atom stereocenters. The summed E-state index contributed by atoms with van der Waals surface area (Å²) in [4.78, 5) is 12.5. The van der Waals surface area contributed by atoms with Crippen LogP contribution in [0.15, 0.2) is 12.2 Å². The van der Waals surface area contributed by atoms with Gasteiger partial charge in [-0.25, -0.2) is 0 Å². The molecule has 1 fully saturated rings. The summed E-state index contributed by atoms with van der Waals surface area (Å²) in [6, 6.07) is 0. The minimum atomic E-state index is -0.665. The standard InChI is InChI=1S/C8H13NO2/c1-2-3-4-9-5-7(6-9)8(10)11/h2-3,7H,4-6H2,1H3,(H,10,11). The van der Waals surface area contributed by atoms with Crippen molar-refractivity contribution in [2.45, 2.75) is 6.92 Å². The van der Waals surface area contributed by atoms with Gasteiger partial charge in [-0.2, -0.15) is 0 Å². The van der Waals surface area contributed by atoms with Crippen molar-refractivity contribution in [3.63, 3.8) is 0 Å². The first-order valence-electron chi connectivity index (χ1n) is 3.80. The Labute approximate surface area is 66.3 Å². The van der Waals surface area contributed by atoms with Crippen molar-refractivity contribution in [1.82, 2.24) is 4.90 Å². The zero-order valence-electron chi connectivity index (χ0n) is 6.66. The second-order valence-corrected chi connectivity index (χ2v) is 2.82. The van der Waals surface area contributed by atoms with Crippen molar-refractivity contribution in [2.75, 3.05) is 19.6 Å². The second-order valence-electron chi connectivity index (χ2n) is 2.82. The molecule has 0 aromatic heterocycles. The largest absolute Gasteiger partial charge is 0.481 e. The van der Waals surface area contributed by atoms with Crippen molar-refractivity contribution >= 4 is 5.97 Å². The highest BCUT2D eigenvalue weighted by molar-refractivity contribution is 5.71. The average Bonchev–Trinajstić information content (AvgIpc) is 1.84. The average molecular weight is 155 g/mol. The van der Waals surface area contributed by atoms with E-state index in [1.807, 2.05) is 19.1 Å². The third-order valence-electron chi connectivity index (χ3n) is 1.91. The van der Waals surface area contributed by atoms with Gasteiger partial charge in [0.1, 0.15) is 0 Å². The fraction of sp³-hybridized carbons (Fsp3) is 0.625. The van der Waals surface area contributed by atoms with Crippen molar-refractivity contribution in [1.29, 1.82) is 0 Å². The van der Waals surface area contributed by atoms with E-state index in [0.29, 0.717) is 13.1 Å². The first kappa shape index (κ1) is 8.27. The van der Waals surface area contributed by atoms with Crippen molar-refractivity contribution < 1.29 is 9.90 Å². The van der Waals surface area contributed by atoms with E-state index in [0.717, 1.165) is 6.54 Å². The van der Waals surface area contributed by atoms with Gasteiger partial charge in [-0.05, 0) is 6.92 Å². The molecule has 3 heteroatoms. The summed E-state index contributed by atoms with van der Waals surface area (Å²) in [5, 5.41) is 8.53. The molecule has 0 aliphatic carbocycles. The lowest BCUT2D eigenvalue weighted by molar-refractivity contribution is -0.147. The molecule has 1 aliphatic rings. The van der Waals surface area contributed by atoms with E-state index in [4.69, 9.17) is 5.11 Å². The Bertz CT molecular complexity index is 171. The lowest BCUT2D eigenvalue weighted by Gasteiger charge is -2.35. The van der Waals surface area contributed by atoms with Crippen molar-refractivity contribution in [3.05, 3.63) is 12.2 Å². The molecule has 0 bridgehead atoms. The number of carbonyl (C=O) groups is 1. The van der Waals surface area contributed by atoms with E-state index in [-0.39, 0.29) is 5.92 Å². The lowest BCUT2D eigenvalue weighted by atomic mass is 10.0. The molecule has 0 radical (unpaired) electrons. The molecule has 0 amide bonds. The first-order valence-corrected chi connectivity index (χ1v) is 3.80. The number of hydrogen-bond acceptors (Lipinski definition) is 2. The third-order valence-corrected chi connectivity index (χ3v) is 1.91. The van der Waals surface area contributed by atoms with Gasteiger partial charge in [0.15, 0.2) is 0 Å². The van der Waals surface area contributed by atoms with Gasteiger partial charge >= 0.3 is 5.97 Å². The van der Waals surface area contributed by atoms with Crippen molar-refractivity contribution in [3.8, 4) is 0 Å². The van der Waals surface area contributed by atoms with Crippen LogP contribution in [0, 0.1) is 5.92 Å². The monoisotopic (exact) mass is 155 g/mol. The Kier molecular flexibility index (Phi) is 2.65. The maximum Gasteiger partial charge on any atom is 0.309 e. The van der Waals surface area contributed by atoms with Gasteiger partial charge in [-0.3, -0.25) is 9.69 Å². The summed E-state index contributed by atoms with van der Waals surface area (Å²) >= 11 is 0. The predicted molar refractivity (Wildman–Crippen MR) is 42.4 cm³/mol. The zero-order chi connectivity index (χ0) is 8.27. The fourth-order valence-corrected chi connectivity index (χ4v) is 1.13. The van der Waals surface area contributed by atoms with Crippen LogP contribution in [0.3, 0.4) is 0 Å². The molecule has 62 valence electrons. The number of nitrogens with zero attached hydrogens (tertiary/aromatic N) is 1. The fourth-order valence-electron chi connectivity index (χ4n) is 1.13. The molecule has 1 N–H and O–H groups in total.